The molecule has 4 nitrogen and oxygen atoms in total. The van der Waals surface area contributed by atoms with Gasteiger partial charge in [0.05, 0.1) is 11.6 Å². The van der Waals surface area contributed by atoms with E-state index in [0.717, 1.165) is 22.1 Å². The number of hydrogen-bond donors (Lipinski definition) is 1. The summed E-state index contributed by atoms with van der Waals surface area (Å²) < 4.78 is 27.7. The van der Waals surface area contributed by atoms with E-state index in [1.165, 1.54) is 42.5 Å². The van der Waals surface area contributed by atoms with Crippen molar-refractivity contribution in [1.82, 2.24) is 0 Å². The molecule has 0 aliphatic carbocycles. The molecule has 6 heteroatoms. The summed E-state index contributed by atoms with van der Waals surface area (Å²) in [5.41, 5.74) is 2.32. The summed E-state index contributed by atoms with van der Waals surface area (Å²) in [5.74, 6) is -3.18. The minimum atomic E-state index is -1.06. The molecule has 1 amide bonds. The van der Waals surface area contributed by atoms with Gasteiger partial charge < -0.3 is 5.11 Å². The second kappa shape index (κ2) is 8.52. The molecule has 1 heterocycles. The monoisotopic (exact) mass is 461 g/mol. The lowest BCUT2D eigenvalue weighted by molar-refractivity contribution is -0.132. The minimum Gasteiger partial charge on any atom is -0.507 e. The van der Waals surface area contributed by atoms with Crippen molar-refractivity contribution in [2.75, 3.05) is 4.90 Å². The van der Waals surface area contributed by atoms with Gasteiger partial charge >= 0.3 is 0 Å². The number of aliphatic hydroxyl groups excluding tert-OH is 1. The van der Waals surface area contributed by atoms with Crippen LogP contribution in [0, 0.1) is 18.6 Å². The van der Waals surface area contributed by atoms with Crippen LogP contribution in [0.4, 0.5) is 14.5 Å². The predicted octanol–water partition coefficient (Wildman–Crippen LogP) is 6.20. The molecule has 1 fully saturated rings. The molecule has 34 heavy (non-hydrogen) atoms. The van der Waals surface area contributed by atoms with Gasteiger partial charge in [0, 0.05) is 11.3 Å². The Morgan fingerprint density at radius 1 is 0.912 bits per heavy atom. The summed E-state index contributed by atoms with van der Waals surface area (Å²) in [5, 5.41) is 11.4. The van der Waals surface area contributed by atoms with Crippen LogP contribution < -0.4 is 4.90 Å². The molecule has 0 spiro atoms. The standard InChI is InChI=1S/C28H25F2NO3/c1-16-8-11-18(28(2,3)4)14-22(16)25(32)23-24(17-9-12-19(29)13-10-17)31(27(34)26(23)33)21-7-5-6-20(30)15-21/h5-15,24,32H,1-4H3/b25-23+. The number of carbonyl (C=O) groups excluding carboxylic acids is 2. The maximum atomic E-state index is 14.0. The summed E-state index contributed by atoms with van der Waals surface area (Å²) in [6.45, 7) is 7.89. The highest BCUT2D eigenvalue weighted by atomic mass is 19.1. The number of halogens is 2. The van der Waals surface area contributed by atoms with Gasteiger partial charge in [0.1, 0.15) is 17.4 Å². The van der Waals surface area contributed by atoms with Crippen LogP contribution in [0.1, 0.15) is 49.1 Å². The lowest BCUT2D eigenvalue weighted by atomic mass is 9.84. The van der Waals surface area contributed by atoms with Gasteiger partial charge in [-0.1, -0.05) is 51.1 Å². The van der Waals surface area contributed by atoms with E-state index in [9.17, 15) is 23.5 Å². The van der Waals surface area contributed by atoms with Crippen molar-refractivity contribution in [2.45, 2.75) is 39.2 Å². The number of anilines is 1. The third-order valence-corrected chi connectivity index (χ3v) is 6.08. The van der Waals surface area contributed by atoms with Crippen LogP contribution in [0.3, 0.4) is 0 Å². The topological polar surface area (TPSA) is 57.6 Å². The molecular formula is C28H25F2NO3. The van der Waals surface area contributed by atoms with Crippen molar-refractivity contribution in [2.24, 2.45) is 0 Å². The average molecular weight is 462 g/mol. The zero-order valence-corrected chi connectivity index (χ0v) is 19.4. The van der Waals surface area contributed by atoms with Crippen LogP contribution in [0.15, 0.2) is 72.3 Å². The van der Waals surface area contributed by atoms with E-state index >= 15 is 0 Å². The number of carbonyl (C=O) groups is 2. The van der Waals surface area contributed by atoms with Crippen LogP contribution in [-0.4, -0.2) is 16.8 Å². The van der Waals surface area contributed by atoms with Crippen molar-refractivity contribution < 1.29 is 23.5 Å². The highest BCUT2D eigenvalue weighted by molar-refractivity contribution is 6.51. The SMILES string of the molecule is Cc1ccc(C(C)(C)C)cc1/C(O)=C1\C(=O)C(=O)N(c2cccc(F)c2)C1c1ccc(F)cc1. The largest absolute Gasteiger partial charge is 0.507 e. The van der Waals surface area contributed by atoms with Gasteiger partial charge in [-0.2, -0.15) is 0 Å². The zero-order valence-electron chi connectivity index (χ0n) is 19.4. The molecule has 4 rings (SSSR count). The fraction of sp³-hybridized carbons (Fsp3) is 0.214. The molecule has 0 bridgehead atoms. The third-order valence-electron chi connectivity index (χ3n) is 6.08. The zero-order chi connectivity index (χ0) is 24.8. The van der Waals surface area contributed by atoms with Crippen molar-refractivity contribution in [1.29, 1.82) is 0 Å². The lowest BCUT2D eigenvalue weighted by Crippen LogP contribution is -2.29. The first-order valence-electron chi connectivity index (χ1n) is 10.9. The van der Waals surface area contributed by atoms with Crippen LogP contribution in [0.5, 0.6) is 0 Å². The van der Waals surface area contributed by atoms with Crippen molar-refractivity contribution in [3.63, 3.8) is 0 Å². The molecule has 1 aliphatic heterocycles. The smallest absolute Gasteiger partial charge is 0.300 e. The van der Waals surface area contributed by atoms with E-state index in [2.05, 4.69) is 0 Å². The maximum Gasteiger partial charge on any atom is 0.300 e. The summed E-state index contributed by atoms with van der Waals surface area (Å²) in [6, 6.07) is 15.2. The molecule has 0 radical (unpaired) electrons. The van der Waals surface area contributed by atoms with Crippen molar-refractivity contribution >= 4 is 23.1 Å². The second-order valence-electron chi connectivity index (χ2n) is 9.48. The molecule has 1 saturated heterocycles. The third kappa shape index (κ3) is 4.12. The Kier molecular flexibility index (Phi) is 5.86. The van der Waals surface area contributed by atoms with Gasteiger partial charge in [0.25, 0.3) is 11.7 Å². The Bertz CT molecular complexity index is 1320. The molecule has 1 atom stereocenters. The van der Waals surface area contributed by atoms with E-state index in [-0.39, 0.29) is 22.4 Å². The Labute approximate surface area is 197 Å². The fourth-order valence-electron chi connectivity index (χ4n) is 4.17. The number of hydrogen-bond acceptors (Lipinski definition) is 3. The predicted molar refractivity (Wildman–Crippen MR) is 127 cm³/mol. The summed E-state index contributed by atoms with van der Waals surface area (Å²) >= 11 is 0. The molecule has 1 aliphatic rings. The average Bonchev–Trinajstić information content (AvgIpc) is 3.04. The Morgan fingerprint density at radius 2 is 1.59 bits per heavy atom. The summed E-state index contributed by atoms with van der Waals surface area (Å²) in [7, 11) is 0. The van der Waals surface area contributed by atoms with E-state index < -0.39 is 29.4 Å². The number of aryl methyl sites for hydroxylation is 1. The van der Waals surface area contributed by atoms with Crippen LogP contribution >= 0.6 is 0 Å². The maximum absolute atomic E-state index is 14.0. The lowest BCUT2D eigenvalue weighted by Gasteiger charge is -2.26. The Balaban J connectivity index is 1.98. The first-order valence-corrected chi connectivity index (χ1v) is 10.9. The van der Waals surface area contributed by atoms with E-state index in [4.69, 9.17) is 0 Å². The van der Waals surface area contributed by atoms with Crippen LogP contribution in [-0.2, 0) is 15.0 Å². The minimum absolute atomic E-state index is 0.130. The molecule has 3 aromatic rings. The first-order chi connectivity index (χ1) is 16.0. The molecule has 0 saturated carbocycles. The fourth-order valence-corrected chi connectivity index (χ4v) is 4.17. The van der Waals surface area contributed by atoms with Crippen molar-refractivity contribution in [3.05, 3.63) is 106 Å². The summed E-state index contributed by atoms with van der Waals surface area (Å²) in [6.07, 6.45) is 0. The van der Waals surface area contributed by atoms with Crippen molar-refractivity contribution in [3.8, 4) is 0 Å². The number of Topliss-reactive ketones (excluding diaryl/α,β-unsaturated/α-hetero) is 1. The second-order valence-corrected chi connectivity index (χ2v) is 9.48. The van der Waals surface area contributed by atoms with E-state index in [0.29, 0.717) is 11.1 Å². The van der Waals surface area contributed by atoms with Gasteiger partial charge in [-0.25, -0.2) is 8.78 Å². The molecule has 1 unspecified atom stereocenters. The number of aliphatic hydroxyl groups is 1. The molecule has 1 N–H and O–H groups in total. The van der Waals surface area contributed by atoms with Gasteiger partial charge in [0.15, 0.2) is 0 Å². The van der Waals surface area contributed by atoms with E-state index in [1.807, 2.05) is 39.0 Å². The highest BCUT2D eigenvalue weighted by Crippen LogP contribution is 2.43. The van der Waals surface area contributed by atoms with Crippen LogP contribution in [0.25, 0.3) is 5.76 Å². The molecular weight excluding hydrogens is 436 g/mol. The number of benzene rings is 3. The Morgan fingerprint density at radius 3 is 2.21 bits per heavy atom. The molecule has 0 aromatic heterocycles. The highest BCUT2D eigenvalue weighted by Gasteiger charge is 2.47. The Hall–Kier alpha value is -3.80. The first kappa shape index (κ1) is 23.4. The number of ketones is 1. The number of amides is 1. The van der Waals surface area contributed by atoms with Gasteiger partial charge in [0.2, 0.25) is 0 Å². The van der Waals surface area contributed by atoms with Gasteiger partial charge in [-0.3, -0.25) is 14.5 Å². The number of nitrogens with zero attached hydrogens (tertiary/aromatic N) is 1. The van der Waals surface area contributed by atoms with Gasteiger partial charge in [-0.15, -0.1) is 0 Å². The normalized spacial score (nSPS) is 17.9. The van der Waals surface area contributed by atoms with Gasteiger partial charge in [-0.05, 0) is 65.4 Å². The molecule has 174 valence electrons. The quantitative estimate of drug-likeness (QED) is 0.287. The summed E-state index contributed by atoms with van der Waals surface area (Å²) in [4.78, 5) is 27.6. The number of rotatable bonds is 3. The van der Waals surface area contributed by atoms with E-state index in [1.54, 1.807) is 6.92 Å². The van der Waals surface area contributed by atoms with Crippen LogP contribution in [0.2, 0.25) is 0 Å². The molecule has 3 aromatic carbocycles.